The molecular weight excluding hydrogens is 204 g/mol. The van der Waals surface area contributed by atoms with E-state index in [-0.39, 0.29) is 0 Å². The van der Waals surface area contributed by atoms with Crippen molar-refractivity contribution in [2.45, 2.75) is 11.3 Å². The number of nitrogens with zero attached hydrogens (tertiary/aromatic N) is 1. The van der Waals surface area contributed by atoms with Crippen LogP contribution in [0.15, 0.2) is 35.2 Å². The Hall–Kier alpha value is -0.510. The summed E-state index contributed by atoms with van der Waals surface area (Å²) in [6.07, 6.45) is 1.26. The van der Waals surface area contributed by atoms with Crippen LogP contribution in [-0.2, 0) is 0 Å². The van der Waals surface area contributed by atoms with E-state index < -0.39 is 0 Å². The normalized spacial score (nSPS) is 9.67. The van der Waals surface area contributed by atoms with E-state index >= 15 is 0 Å². The molecule has 2 nitrogen and oxygen atoms in total. The van der Waals surface area contributed by atoms with E-state index in [1.54, 1.807) is 0 Å². The van der Waals surface area contributed by atoms with Crippen LogP contribution in [0.25, 0.3) is 0 Å². The molecule has 86 valence electrons. The lowest BCUT2D eigenvalue weighted by Crippen LogP contribution is -2.13. The van der Waals surface area contributed by atoms with Gasteiger partial charge in [0.2, 0.25) is 0 Å². The molecule has 2 N–H and O–H groups in total. The van der Waals surface area contributed by atoms with E-state index in [0.29, 0.717) is 0 Å². The molecule has 0 amide bonds. The SMILES string of the molecule is CN.CN(C)CCCSc1ccccc1. The van der Waals surface area contributed by atoms with Crippen LogP contribution in [0.3, 0.4) is 0 Å². The molecule has 0 spiro atoms. The molecule has 1 aromatic carbocycles. The Morgan fingerprint density at radius 2 is 1.73 bits per heavy atom. The van der Waals surface area contributed by atoms with E-state index in [0.717, 1.165) is 0 Å². The second-order valence-corrected chi connectivity index (χ2v) is 4.49. The zero-order chi connectivity index (χ0) is 11.5. The monoisotopic (exact) mass is 226 g/mol. The summed E-state index contributed by atoms with van der Waals surface area (Å²) < 4.78 is 0. The van der Waals surface area contributed by atoms with Gasteiger partial charge in [-0.15, -0.1) is 11.8 Å². The highest BCUT2D eigenvalue weighted by molar-refractivity contribution is 7.99. The van der Waals surface area contributed by atoms with Crippen molar-refractivity contribution in [3.8, 4) is 0 Å². The molecule has 0 aromatic heterocycles. The third-order valence-corrected chi connectivity index (χ3v) is 2.86. The summed E-state index contributed by atoms with van der Waals surface area (Å²) in [5.74, 6) is 1.21. The van der Waals surface area contributed by atoms with Crippen LogP contribution in [-0.4, -0.2) is 38.3 Å². The van der Waals surface area contributed by atoms with Gasteiger partial charge >= 0.3 is 0 Å². The molecule has 0 aliphatic heterocycles. The maximum atomic E-state index is 4.50. The molecule has 15 heavy (non-hydrogen) atoms. The topological polar surface area (TPSA) is 29.3 Å². The molecule has 0 radical (unpaired) electrons. The maximum Gasteiger partial charge on any atom is 0.00719 e. The zero-order valence-electron chi connectivity index (χ0n) is 9.94. The van der Waals surface area contributed by atoms with Gasteiger partial charge in [-0.1, -0.05) is 18.2 Å². The molecule has 0 saturated carbocycles. The van der Waals surface area contributed by atoms with Gasteiger partial charge in [0.25, 0.3) is 0 Å². The summed E-state index contributed by atoms with van der Waals surface area (Å²) in [7, 11) is 5.74. The highest BCUT2D eigenvalue weighted by Crippen LogP contribution is 2.17. The fourth-order valence-electron chi connectivity index (χ4n) is 1.09. The Balaban J connectivity index is 0.000000921. The molecule has 0 unspecified atom stereocenters. The van der Waals surface area contributed by atoms with Crippen molar-refractivity contribution in [2.75, 3.05) is 33.4 Å². The number of rotatable bonds is 5. The molecule has 0 aliphatic rings. The summed E-state index contributed by atoms with van der Waals surface area (Å²) in [5, 5.41) is 0. The fourth-order valence-corrected chi connectivity index (χ4v) is 1.95. The van der Waals surface area contributed by atoms with E-state index in [2.05, 4.69) is 55.1 Å². The number of nitrogens with two attached hydrogens (primary N) is 1. The van der Waals surface area contributed by atoms with Crippen molar-refractivity contribution in [1.29, 1.82) is 0 Å². The van der Waals surface area contributed by atoms with Gasteiger partial charge in [-0.3, -0.25) is 0 Å². The van der Waals surface area contributed by atoms with Gasteiger partial charge in [0.1, 0.15) is 0 Å². The fraction of sp³-hybridized carbons (Fsp3) is 0.500. The average molecular weight is 226 g/mol. The minimum absolute atomic E-state index is 1.18. The summed E-state index contributed by atoms with van der Waals surface area (Å²) in [6.45, 7) is 1.18. The second kappa shape index (κ2) is 10.0. The maximum absolute atomic E-state index is 4.50. The van der Waals surface area contributed by atoms with E-state index in [9.17, 15) is 0 Å². The molecule has 0 heterocycles. The van der Waals surface area contributed by atoms with Crippen molar-refractivity contribution in [2.24, 2.45) is 5.73 Å². The lowest BCUT2D eigenvalue weighted by atomic mass is 10.4. The van der Waals surface area contributed by atoms with Crippen LogP contribution >= 0.6 is 11.8 Å². The highest BCUT2D eigenvalue weighted by Gasteiger charge is 1.93. The smallest absolute Gasteiger partial charge is 0.00719 e. The minimum atomic E-state index is 1.18. The first-order valence-electron chi connectivity index (χ1n) is 5.19. The third-order valence-electron chi connectivity index (χ3n) is 1.76. The first-order chi connectivity index (χ1) is 7.29. The lowest BCUT2D eigenvalue weighted by molar-refractivity contribution is 0.410. The molecule has 3 heteroatoms. The van der Waals surface area contributed by atoms with Crippen LogP contribution in [0.1, 0.15) is 6.42 Å². The largest absolute Gasteiger partial charge is 0.333 e. The van der Waals surface area contributed by atoms with Crippen LogP contribution in [0.5, 0.6) is 0 Å². The molecule has 0 saturated heterocycles. The predicted octanol–water partition coefficient (Wildman–Crippen LogP) is 2.31. The standard InChI is InChI=1S/C11H17NS.CH5N/c1-12(2)9-6-10-13-11-7-4-3-5-8-11;1-2/h3-5,7-8H,6,9-10H2,1-2H3;2H2,1H3. The van der Waals surface area contributed by atoms with Gasteiger partial charge in [0, 0.05) is 4.90 Å². The van der Waals surface area contributed by atoms with Crippen molar-refractivity contribution in [3.05, 3.63) is 30.3 Å². The van der Waals surface area contributed by atoms with Crippen LogP contribution in [0.2, 0.25) is 0 Å². The molecule has 0 aliphatic carbocycles. The quantitative estimate of drug-likeness (QED) is 0.617. The molecule has 1 aromatic rings. The van der Waals surface area contributed by atoms with Gasteiger partial charge in [0.15, 0.2) is 0 Å². The van der Waals surface area contributed by atoms with Crippen LogP contribution < -0.4 is 5.73 Å². The van der Waals surface area contributed by atoms with E-state index in [1.165, 1.54) is 30.7 Å². The summed E-state index contributed by atoms with van der Waals surface area (Å²) in [4.78, 5) is 3.60. The summed E-state index contributed by atoms with van der Waals surface area (Å²) >= 11 is 1.94. The van der Waals surface area contributed by atoms with Gasteiger partial charge in [0.05, 0.1) is 0 Å². The van der Waals surface area contributed by atoms with Crippen LogP contribution in [0, 0.1) is 0 Å². The Kier molecular flexibility index (Phi) is 9.68. The van der Waals surface area contributed by atoms with Crippen molar-refractivity contribution >= 4 is 11.8 Å². The average Bonchev–Trinajstić information content (AvgIpc) is 2.28. The minimum Gasteiger partial charge on any atom is -0.333 e. The summed E-state index contributed by atoms with van der Waals surface area (Å²) in [6, 6.07) is 10.6. The Labute approximate surface area is 97.8 Å². The van der Waals surface area contributed by atoms with Gasteiger partial charge in [-0.25, -0.2) is 0 Å². The van der Waals surface area contributed by atoms with Gasteiger partial charge in [-0.2, -0.15) is 0 Å². The molecule has 1 rings (SSSR count). The molecule has 0 atom stereocenters. The first kappa shape index (κ1) is 14.5. The first-order valence-corrected chi connectivity index (χ1v) is 6.18. The van der Waals surface area contributed by atoms with Crippen molar-refractivity contribution in [1.82, 2.24) is 4.90 Å². The molecule has 0 bridgehead atoms. The van der Waals surface area contributed by atoms with E-state index in [1.807, 2.05) is 11.8 Å². The van der Waals surface area contributed by atoms with Gasteiger partial charge in [-0.05, 0) is 52.0 Å². The van der Waals surface area contributed by atoms with Gasteiger partial charge < -0.3 is 10.6 Å². The van der Waals surface area contributed by atoms with Crippen LogP contribution in [0.4, 0.5) is 0 Å². The second-order valence-electron chi connectivity index (χ2n) is 3.32. The number of thioether (sulfide) groups is 1. The number of hydrogen-bond acceptors (Lipinski definition) is 3. The lowest BCUT2D eigenvalue weighted by Gasteiger charge is -2.08. The zero-order valence-corrected chi connectivity index (χ0v) is 10.8. The Morgan fingerprint density at radius 1 is 1.13 bits per heavy atom. The number of hydrogen-bond donors (Lipinski definition) is 1. The molecule has 0 fully saturated rings. The molecular formula is C12H22N2S. The Morgan fingerprint density at radius 3 is 2.27 bits per heavy atom. The number of benzene rings is 1. The van der Waals surface area contributed by atoms with E-state index in [4.69, 9.17) is 0 Å². The highest BCUT2D eigenvalue weighted by atomic mass is 32.2. The van der Waals surface area contributed by atoms with Crippen molar-refractivity contribution in [3.63, 3.8) is 0 Å². The van der Waals surface area contributed by atoms with Crippen molar-refractivity contribution < 1.29 is 0 Å². The predicted molar refractivity (Wildman–Crippen MR) is 70.4 cm³/mol. The summed E-state index contributed by atoms with van der Waals surface area (Å²) in [5.41, 5.74) is 4.50. The third kappa shape index (κ3) is 8.48. The Bertz CT molecular complexity index is 224.